The second kappa shape index (κ2) is 5.71. The van der Waals surface area contributed by atoms with Crippen molar-refractivity contribution in [1.29, 1.82) is 0 Å². The summed E-state index contributed by atoms with van der Waals surface area (Å²) in [5, 5.41) is 5.00. The van der Waals surface area contributed by atoms with Crippen molar-refractivity contribution in [2.75, 3.05) is 0 Å². The van der Waals surface area contributed by atoms with Gasteiger partial charge in [-0.2, -0.15) is 0 Å². The zero-order valence-corrected chi connectivity index (χ0v) is 13.6. The largest absolute Gasteiger partial charge is 0.142 e. The first-order chi connectivity index (χ1) is 10.8. The van der Waals surface area contributed by atoms with E-state index in [9.17, 15) is 0 Å². The first-order valence-electron chi connectivity index (χ1n) is 7.19. The highest BCUT2D eigenvalue weighted by Crippen LogP contribution is 2.39. The van der Waals surface area contributed by atoms with E-state index in [1.54, 1.807) is 11.8 Å². The second-order valence-corrected chi connectivity index (χ2v) is 6.74. The molecule has 0 saturated heterocycles. The van der Waals surface area contributed by atoms with E-state index in [1.807, 2.05) is 0 Å². The van der Waals surface area contributed by atoms with Crippen LogP contribution in [0.2, 0.25) is 0 Å². The molecule has 0 spiro atoms. The van der Waals surface area contributed by atoms with Crippen LogP contribution in [0.4, 0.5) is 0 Å². The predicted octanol–water partition coefficient (Wildman–Crippen LogP) is 6.43. The molecule has 4 aromatic carbocycles. The molecule has 4 rings (SSSR count). The van der Waals surface area contributed by atoms with Gasteiger partial charge in [0.2, 0.25) is 0 Å². The Morgan fingerprint density at radius 3 is 2.00 bits per heavy atom. The molecular formula is C20H14S2. The first-order valence-corrected chi connectivity index (χ1v) is 8.45. The fraction of sp³-hybridized carbons (Fsp3) is 0. The summed E-state index contributed by atoms with van der Waals surface area (Å²) in [6.45, 7) is 0. The summed E-state index contributed by atoms with van der Waals surface area (Å²) < 4.78 is 0. The number of hydrogen-bond acceptors (Lipinski definition) is 2. The summed E-state index contributed by atoms with van der Waals surface area (Å²) in [6.07, 6.45) is 0. The maximum atomic E-state index is 4.77. The lowest BCUT2D eigenvalue weighted by Gasteiger charge is -2.10. The summed E-state index contributed by atoms with van der Waals surface area (Å²) in [4.78, 5) is 3.51. The van der Waals surface area contributed by atoms with Crippen LogP contribution in [0.1, 0.15) is 0 Å². The topological polar surface area (TPSA) is 0 Å². The number of rotatable bonds is 2. The number of fused-ring (bicyclic) bond motifs is 2. The zero-order valence-electron chi connectivity index (χ0n) is 11.9. The molecule has 0 atom stereocenters. The lowest BCUT2D eigenvalue weighted by atomic mass is 10.1. The van der Waals surface area contributed by atoms with E-state index in [4.69, 9.17) is 12.6 Å². The molecule has 0 aliphatic rings. The van der Waals surface area contributed by atoms with Gasteiger partial charge in [0.15, 0.2) is 0 Å². The van der Waals surface area contributed by atoms with Gasteiger partial charge in [-0.05, 0) is 33.7 Å². The van der Waals surface area contributed by atoms with Crippen molar-refractivity contribution in [2.24, 2.45) is 0 Å². The molecule has 0 radical (unpaired) electrons. The molecule has 0 saturated carbocycles. The van der Waals surface area contributed by atoms with Crippen molar-refractivity contribution in [3.05, 3.63) is 78.9 Å². The van der Waals surface area contributed by atoms with Crippen LogP contribution < -0.4 is 0 Å². The Morgan fingerprint density at radius 1 is 0.545 bits per heavy atom. The van der Waals surface area contributed by atoms with Crippen LogP contribution in [0, 0.1) is 0 Å². The Morgan fingerprint density at radius 2 is 1.18 bits per heavy atom. The van der Waals surface area contributed by atoms with Crippen molar-refractivity contribution >= 4 is 45.9 Å². The smallest absolute Gasteiger partial charge is 0.0262 e. The summed E-state index contributed by atoms with van der Waals surface area (Å²) in [5.74, 6) is 0. The maximum Gasteiger partial charge on any atom is 0.0262 e. The predicted molar refractivity (Wildman–Crippen MR) is 99.3 cm³/mol. The van der Waals surface area contributed by atoms with E-state index in [0.717, 1.165) is 4.90 Å². The Kier molecular flexibility index (Phi) is 3.57. The average Bonchev–Trinajstić information content (AvgIpc) is 2.58. The molecule has 4 aromatic rings. The highest BCUT2D eigenvalue weighted by molar-refractivity contribution is 8.00. The molecule has 0 bridgehead atoms. The van der Waals surface area contributed by atoms with Crippen molar-refractivity contribution in [3.8, 4) is 0 Å². The molecule has 2 heteroatoms. The van der Waals surface area contributed by atoms with E-state index in [-0.39, 0.29) is 0 Å². The van der Waals surface area contributed by atoms with Gasteiger partial charge in [-0.15, -0.1) is 12.6 Å². The van der Waals surface area contributed by atoms with Gasteiger partial charge in [-0.1, -0.05) is 78.5 Å². The minimum atomic E-state index is 1.05. The minimum Gasteiger partial charge on any atom is -0.142 e. The van der Waals surface area contributed by atoms with Crippen molar-refractivity contribution in [3.63, 3.8) is 0 Å². The SMILES string of the molecule is Sc1c(Sc2cccc3ccccc23)ccc2ccccc12. The Balaban J connectivity index is 1.84. The van der Waals surface area contributed by atoms with Crippen LogP contribution in [-0.2, 0) is 0 Å². The van der Waals surface area contributed by atoms with Crippen LogP contribution in [0.15, 0.2) is 93.5 Å². The third-order valence-electron chi connectivity index (χ3n) is 3.83. The quantitative estimate of drug-likeness (QED) is 0.415. The van der Waals surface area contributed by atoms with Crippen LogP contribution in [0.3, 0.4) is 0 Å². The normalized spacial score (nSPS) is 11.1. The molecule has 22 heavy (non-hydrogen) atoms. The summed E-state index contributed by atoms with van der Waals surface area (Å²) in [6, 6.07) is 27.7. The molecule has 0 aliphatic heterocycles. The average molecular weight is 318 g/mol. The highest BCUT2D eigenvalue weighted by Gasteiger charge is 2.08. The summed E-state index contributed by atoms with van der Waals surface area (Å²) in [7, 11) is 0. The fourth-order valence-corrected chi connectivity index (χ4v) is 4.16. The molecule has 0 nitrogen and oxygen atoms in total. The standard InChI is InChI=1S/C20H14S2/c21-20-17-10-4-2-7-15(17)12-13-19(20)22-18-11-5-8-14-6-1-3-9-16(14)18/h1-13,21H. The van der Waals surface area contributed by atoms with Crippen molar-refractivity contribution in [2.45, 2.75) is 14.7 Å². The minimum absolute atomic E-state index is 1.05. The van der Waals surface area contributed by atoms with Gasteiger partial charge in [-0.3, -0.25) is 0 Å². The van der Waals surface area contributed by atoms with Gasteiger partial charge in [-0.25, -0.2) is 0 Å². The lowest BCUT2D eigenvalue weighted by molar-refractivity contribution is 1.30. The molecular weight excluding hydrogens is 304 g/mol. The van der Waals surface area contributed by atoms with E-state index in [2.05, 4.69) is 78.9 Å². The number of thiol groups is 1. The summed E-state index contributed by atoms with van der Waals surface area (Å²) in [5.41, 5.74) is 0. The van der Waals surface area contributed by atoms with Crippen molar-refractivity contribution < 1.29 is 0 Å². The van der Waals surface area contributed by atoms with E-state index < -0.39 is 0 Å². The molecule has 0 amide bonds. The summed E-state index contributed by atoms with van der Waals surface area (Å²) >= 11 is 6.55. The van der Waals surface area contributed by atoms with Gasteiger partial charge < -0.3 is 0 Å². The molecule has 0 fully saturated rings. The highest BCUT2D eigenvalue weighted by atomic mass is 32.2. The lowest BCUT2D eigenvalue weighted by Crippen LogP contribution is -1.82. The zero-order chi connectivity index (χ0) is 14.9. The second-order valence-electron chi connectivity index (χ2n) is 5.21. The third kappa shape index (κ3) is 2.39. The number of benzene rings is 4. The van der Waals surface area contributed by atoms with Gasteiger partial charge in [0.05, 0.1) is 0 Å². The van der Waals surface area contributed by atoms with E-state index in [0.29, 0.717) is 0 Å². The fourth-order valence-electron chi connectivity index (χ4n) is 2.72. The van der Waals surface area contributed by atoms with E-state index >= 15 is 0 Å². The maximum absolute atomic E-state index is 4.77. The van der Waals surface area contributed by atoms with Crippen LogP contribution >= 0.6 is 24.4 Å². The van der Waals surface area contributed by atoms with Crippen LogP contribution in [-0.4, -0.2) is 0 Å². The van der Waals surface area contributed by atoms with Gasteiger partial charge >= 0.3 is 0 Å². The van der Waals surface area contributed by atoms with Gasteiger partial charge in [0, 0.05) is 14.7 Å². The molecule has 0 aliphatic carbocycles. The molecule has 0 heterocycles. The monoisotopic (exact) mass is 318 g/mol. The molecule has 0 N–H and O–H groups in total. The van der Waals surface area contributed by atoms with Gasteiger partial charge in [0.1, 0.15) is 0 Å². The van der Waals surface area contributed by atoms with Crippen molar-refractivity contribution in [1.82, 2.24) is 0 Å². The first kappa shape index (κ1) is 13.7. The Labute approximate surface area is 139 Å². The molecule has 106 valence electrons. The Hall–Kier alpha value is -1.90. The molecule has 0 unspecified atom stereocenters. The third-order valence-corrected chi connectivity index (χ3v) is 5.60. The van der Waals surface area contributed by atoms with Crippen LogP contribution in [0.5, 0.6) is 0 Å². The van der Waals surface area contributed by atoms with Crippen LogP contribution in [0.25, 0.3) is 21.5 Å². The number of hydrogen-bond donors (Lipinski definition) is 1. The Bertz CT molecular complexity index is 968. The molecule has 0 aromatic heterocycles. The van der Waals surface area contributed by atoms with E-state index in [1.165, 1.54) is 31.3 Å². The van der Waals surface area contributed by atoms with Gasteiger partial charge in [0.25, 0.3) is 0 Å².